The van der Waals surface area contributed by atoms with Gasteiger partial charge in [0.25, 0.3) is 11.7 Å². The highest BCUT2D eigenvalue weighted by molar-refractivity contribution is 9.10. The smallest absolute Gasteiger partial charge is 0.296 e. The average molecular weight is 524 g/mol. The topological polar surface area (TPSA) is 80.0 Å². The number of hydrogen-bond donors (Lipinski definition) is 1. The van der Waals surface area contributed by atoms with E-state index < -0.39 is 17.7 Å². The molecule has 34 heavy (non-hydrogen) atoms. The molecule has 1 fully saturated rings. The zero-order chi connectivity index (χ0) is 24.1. The lowest BCUT2D eigenvalue weighted by atomic mass is 9.95. The van der Waals surface area contributed by atoms with Crippen LogP contribution in [0.1, 0.15) is 49.1 Å². The van der Waals surface area contributed by atoms with Crippen LogP contribution >= 0.6 is 15.9 Å². The predicted octanol–water partition coefficient (Wildman–Crippen LogP) is 6.23. The number of unbranched alkanes of at least 4 members (excludes halogenated alkanes) is 2. The number of aliphatic hydroxyl groups excluding tert-OH is 1. The van der Waals surface area contributed by atoms with Gasteiger partial charge in [0, 0.05) is 10.0 Å². The first-order valence-corrected chi connectivity index (χ1v) is 12.1. The maximum atomic E-state index is 13.1. The van der Waals surface area contributed by atoms with Gasteiger partial charge in [-0.25, -0.2) is 0 Å². The maximum Gasteiger partial charge on any atom is 0.296 e. The number of likely N-dealkylation sites (tertiary alicyclic amines) is 1. The Morgan fingerprint density at radius 2 is 1.79 bits per heavy atom. The van der Waals surface area contributed by atoms with E-state index in [4.69, 9.17) is 9.15 Å². The second kappa shape index (κ2) is 10.7. The molecule has 1 amide bonds. The molecule has 1 saturated heterocycles. The van der Waals surface area contributed by atoms with Crippen LogP contribution in [0.15, 0.2) is 81.4 Å². The molecular formula is C27H26BrNO5. The third kappa shape index (κ3) is 5.09. The number of ether oxygens (including phenoxy) is 1. The maximum absolute atomic E-state index is 13.1. The van der Waals surface area contributed by atoms with Crippen LogP contribution < -0.4 is 4.74 Å². The van der Waals surface area contributed by atoms with Crippen LogP contribution in [0.2, 0.25) is 0 Å². The Labute approximate surface area is 207 Å². The van der Waals surface area contributed by atoms with Crippen LogP contribution in [0.4, 0.5) is 0 Å². The first kappa shape index (κ1) is 23.8. The molecule has 3 aromatic rings. The van der Waals surface area contributed by atoms with Crippen LogP contribution in [-0.2, 0) is 16.1 Å². The largest absolute Gasteiger partial charge is 0.507 e. The number of benzene rings is 2. The van der Waals surface area contributed by atoms with E-state index in [2.05, 4.69) is 22.9 Å². The van der Waals surface area contributed by atoms with Crippen molar-refractivity contribution in [3.05, 3.63) is 93.9 Å². The number of nitrogens with zero attached hydrogens (tertiary/aromatic N) is 1. The second-order valence-electron chi connectivity index (χ2n) is 8.14. The fraction of sp³-hybridized carbons (Fsp3) is 0.259. The number of aliphatic hydroxyl groups is 1. The van der Waals surface area contributed by atoms with Gasteiger partial charge >= 0.3 is 0 Å². The van der Waals surface area contributed by atoms with E-state index >= 15 is 0 Å². The van der Waals surface area contributed by atoms with Crippen molar-refractivity contribution in [2.75, 3.05) is 6.61 Å². The van der Waals surface area contributed by atoms with Crippen LogP contribution in [0.25, 0.3) is 5.76 Å². The fourth-order valence-electron chi connectivity index (χ4n) is 4.01. The molecular weight excluding hydrogens is 498 g/mol. The molecule has 2 heterocycles. The van der Waals surface area contributed by atoms with Crippen molar-refractivity contribution < 1.29 is 23.8 Å². The summed E-state index contributed by atoms with van der Waals surface area (Å²) < 4.78 is 12.1. The Bertz CT molecular complexity index is 1170. The minimum atomic E-state index is -0.761. The third-order valence-electron chi connectivity index (χ3n) is 5.78. The van der Waals surface area contributed by atoms with Crippen LogP contribution in [-0.4, -0.2) is 28.3 Å². The molecule has 0 aliphatic carbocycles. The number of carbonyl (C=O) groups excluding carboxylic acids is 2. The van der Waals surface area contributed by atoms with Gasteiger partial charge in [-0.2, -0.15) is 0 Å². The van der Waals surface area contributed by atoms with Crippen molar-refractivity contribution in [2.24, 2.45) is 0 Å². The standard InChI is InChI=1S/C27H26BrNO5/c1-2-3-4-15-33-21-13-9-18(10-14-21)24-23(25(30)19-7-11-20(28)12-8-19)26(31)27(32)29(24)17-22-6-5-16-34-22/h5-14,16,24,30H,2-4,15,17H2,1H3. The van der Waals surface area contributed by atoms with Gasteiger partial charge in [0.1, 0.15) is 17.3 Å². The zero-order valence-electron chi connectivity index (χ0n) is 18.9. The predicted molar refractivity (Wildman–Crippen MR) is 132 cm³/mol. The Kier molecular flexibility index (Phi) is 7.53. The first-order valence-electron chi connectivity index (χ1n) is 11.3. The number of rotatable bonds is 9. The number of furan rings is 1. The molecule has 176 valence electrons. The van der Waals surface area contributed by atoms with E-state index in [1.54, 1.807) is 36.4 Å². The monoisotopic (exact) mass is 523 g/mol. The number of Topliss-reactive ketones (excluding diaryl/α,β-unsaturated/α-hetero) is 1. The van der Waals surface area contributed by atoms with E-state index in [1.165, 1.54) is 11.2 Å². The number of carbonyl (C=O) groups is 2. The van der Waals surface area contributed by atoms with Gasteiger partial charge in [0.2, 0.25) is 0 Å². The van der Waals surface area contributed by atoms with Crippen molar-refractivity contribution in [3.8, 4) is 5.75 Å². The second-order valence-corrected chi connectivity index (χ2v) is 9.05. The normalized spacial score (nSPS) is 17.4. The Balaban J connectivity index is 1.71. The summed E-state index contributed by atoms with van der Waals surface area (Å²) in [6.45, 7) is 2.88. The lowest BCUT2D eigenvalue weighted by molar-refractivity contribution is -0.140. The minimum absolute atomic E-state index is 0.0514. The van der Waals surface area contributed by atoms with E-state index in [9.17, 15) is 14.7 Å². The summed E-state index contributed by atoms with van der Waals surface area (Å²) in [6.07, 6.45) is 4.73. The highest BCUT2D eigenvalue weighted by Gasteiger charge is 2.46. The molecule has 1 unspecified atom stereocenters. The molecule has 1 atom stereocenters. The summed E-state index contributed by atoms with van der Waals surface area (Å²) in [5.41, 5.74) is 1.21. The van der Waals surface area contributed by atoms with Crippen molar-refractivity contribution >= 4 is 33.4 Å². The summed E-state index contributed by atoms with van der Waals surface area (Å²) in [5, 5.41) is 11.1. The minimum Gasteiger partial charge on any atom is -0.507 e. The quantitative estimate of drug-likeness (QED) is 0.155. The summed E-state index contributed by atoms with van der Waals surface area (Å²) in [5.74, 6) is -0.350. The van der Waals surface area contributed by atoms with E-state index in [-0.39, 0.29) is 17.9 Å². The fourth-order valence-corrected chi connectivity index (χ4v) is 4.28. The van der Waals surface area contributed by atoms with Crippen molar-refractivity contribution in [3.63, 3.8) is 0 Å². The highest BCUT2D eigenvalue weighted by Crippen LogP contribution is 2.40. The third-order valence-corrected chi connectivity index (χ3v) is 6.31. The molecule has 1 N–H and O–H groups in total. The molecule has 1 aromatic heterocycles. The van der Waals surface area contributed by atoms with Crippen LogP contribution in [0, 0.1) is 0 Å². The Hall–Kier alpha value is -3.32. The van der Waals surface area contributed by atoms with Gasteiger partial charge < -0.3 is 19.2 Å². The molecule has 0 spiro atoms. The summed E-state index contributed by atoms with van der Waals surface area (Å²) >= 11 is 3.37. The van der Waals surface area contributed by atoms with Gasteiger partial charge in [0.15, 0.2) is 0 Å². The van der Waals surface area contributed by atoms with Crippen molar-refractivity contribution in [1.29, 1.82) is 0 Å². The Morgan fingerprint density at radius 1 is 1.06 bits per heavy atom. The van der Waals surface area contributed by atoms with Gasteiger partial charge in [0.05, 0.1) is 31.0 Å². The first-order chi connectivity index (χ1) is 16.5. The molecule has 4 rings (SSSR count). The summed E-state index contributed by atoms with van der Waals surface area (Å²) in [4.78, 5) is 27.6. The average Bonchev–Trinajstić information content (AvgIpc) is 3.45. The lowest BCUT2D eigenvalue weighted by Crippen LogP contribution is -2.29. The van der Waals surface area contributed by atoms with Crippen molar-refractivity contribution in [1.82, 2.24) is 4.90 Å². The number of hydrogen-bond acceptors (Lipinski definition) is 5. The van der Waals surface area contributed by atoms with Gasteiger partial charge in [-0.1, -0.05) is 60.0 Å². The molecule has 1 aliphatic rings. The van der Waals surface area contributed by atoms with Gasteiger partial charge in [-0.15, -0.1) is 0 Å². The highest BCUT2D eigenvalue weighted by atomic mass is 79.9. The summed E-state index contributed by atoms with van der Waals surface area (Å²) in [7, 11) is 0. The molecule has 1 aliphatic heterocycles. The molecule has 2 aromatic carbocycles. The van der Waals surface area contributed by atoms with Crippen LogP contribution in [0.3, 0.4) is 0 Å². The van der Waals surface area contributed by atoms with Gasteiger partial charge in [-0.3, -0.25) is 9.59 Å². The molecule has 0 radical (unpaired) electrons. The van der Waals surface area contributed by atoms with E-state index in [0.29, 0.717) is 23.5 Å². The SMILES string of the molecule is CCCCCOc1ccc(C2C(=C(O)c3ccc(Br)cc3)C(=O)C(=O)N2Cc2ccco2)cc1. The zero-order valence-corrected chi connectivity index (χ0v) is 20.5. The van der Waals surface area contributed by atoms with Crippen LogP contribution in [0.5, 0.6) is 5.75 Å². The van der Waals surface area contributed by atoms with Crippen molar-refractivity contribution in [2.45, 2.75) is 38.8 Å². The number of ketones is 1. The van der Waals surface area contributed by atoms with E-state index in [1.807, 2.05) is 24.3 Å². The molecule has 0 saturated carbocycles. The summed E-state index contributed by atoms with van der Waals surface area (Å²) in [6, 6.07) is 17.0. The number of halogens is 1. The molecule has 7 heteroatoms. The van der Waals surface area contributed by atoms with Gasteiger partial charge in [-0.05, 0) is 48.4 Å². The lowest BCUT2D eigenvalue weighted by Gasteiger charge is -2.24. The molecule has 0 bridgehead atoms. The number of amides is 1. The van der Waals surface area contributed by atoms with E-state index in [0.717, 1.165) is 29.5 Å². The Morgan fingerprint density at radius 3 is 2.44 bits per heavy atom. The molecule has 6 nitrogen and oxygen atoms in total.